The Morgan fingerprint density at radius 1 is 1.24 bits per heavy atom. The molecule has 0 aromatic heterocycles. The highest BCUT2D eigenvalue weighted by Gasteiger charge is 2.12. The van der Waals surface area contributed by atoms with E-state index in [0.29, 0.717) is 5.56 Å². The average molecular weight is 399 g/mol. The summed E-state index contributed by atoms with van der Waals surface area (Å²) in [6.45, 7) is 1.94. The van der Waals surface area contributed by atoms with E-state index >= 15 is 0 Å². The molecule has 2 aromatic rings. The van der Waals surface area contributed by atoms with E-state index < -0.39 is 11.8 Å². The van der Waals surface area contributed by atoms with E-state index in [-0.39, 0.29) is 11.7 Å². The molecule has 3 nitrogen and oxygen atoms in total. The number of halogens is 2. The number of benzene rings is 2. The van der Waals surface area contributed by atoms with Gasteiger partial charge in [0.25, 0.3) is 0 Å². The molecule has 0 aliphatic carbocycles. The minimum absolute atomic E-state index is 0.0793. The van der Waals surface area contributed by atoms with E-state index in [2.05, 4.69) is 32.6 Å². The number of esters is 1. The Kier molecular flexibility index (Phi) is 5.17. The van der Waals surface area contributed by atoms with Crippen LogP contribution in [0.2, 0.25) is 0 Å². The lowest BCUT2D eigenvalue weighted by Crippen LogP contribution is -2.09. The van der Waals surface area contributed by atoms with Gasteiger partial charge in [-0.15, -0.1) is 0 Å². The number of ether oxygens (including phenoxy) is 1. The van der Waals surface area contributed by atoms with Gasteiger partial charge >= 0.3 is 5.97 Å². The van der Waals surface area contributed by atoms with E-state index in [4.69, 9.17) is 0 Å². The van der Waals surface area contributed by atoms with Gasteiger partial charge in [0.1, 0.15) is 5.82 Å². The molecule has 0 bridgehead atoms. The van der Waals surface area contributed by atoms with Gasteiger partial charge in [-0.2, -0.15) is 0 Å². The minimum atomic E-state index is -0.486. The number of hydrogen-bond acceptors (Lipinski definition) is 3. The number of anilines is 1. The minimum Gasteiger partial charge on any atom is -0.465 e. The quantitative estimate of drug-likeness (QED) is 0.612. The zero-order valence-electron chi connectivity index (χ0n) is 11.7. The fourth-order valence-electron chi connectivity index (χ4n) is 1.95. The van der Waals surface area contributed by atoms with Crippen LogP contribution in [0.5, 0.6) is 0 Å². The molecular formula is C16H15FINO2. The van der Waals surface area contributed by atoms with Crippen molar-refractivity contribution in [2.24, 2.45) is 0 Å². The second kappa shape index (κ2) is 6.89. The molecule has 0 aliphatic heterocycles. The monoisotopic (exact) mass is 399 g/mol. The highest BCUT2D eigenvalue weighted by Crippen LogP contribution is 2.23. The van der Waals surface area contributed by atoms with E-state index in [9.17, 15) is 9.18 Å². The second-order valence-corrected chi connectivity index (χ2v) is 5.85. The third-order valence-corrected chi connectivity index (χ3v) is 3.85. The van der Waals surface area contributed by atoms with Gasteiger partial charge in [-0.05, 0) is 65.4 Å². The maximum Gasteiger partial charge on any atom is 0.337 e. The predicted molar refractivity (Wildman–Crippen MR) is 88.9 cm³/mol. The molecule has 21 heavy (non-hydrogen) atoms. The van der Waals surface area contributed by atoms with Crippen LogP contribution < -0.4 is 5.32 Å². The molecule has 0 saturated heterocycles. The fraction of sp³-hybridized carbons (Fsp3) is 0.188. The second-order valence-electron chi connectivity index (χ2n) is 4.60. The number of carbonyl (C=O) groups excluding carboxylic acids is 1. The lowest BCUT2D eigenvalue weighted by Gasteiger charge is -2.17. The van der Waals surface area contributed by atoms with Gasteiger partial charge in [-0.1, -0.05) is 12.1 Å². The van der Waals surface area contributed by atoms with Crippen molar-refractivity contribution in [1.29, 1.82) is 0 Å². The van der Waals surface area contributed by atoms with Gasteiger partial charge in [0.2, 0.25) is 0 Å². The van der Waals surface area contributed by atoms with E-state index in [1.807, 2.05) is 31.2 Å². The fourth-order valence-corrected chi connectivity index (χ4v) is 2.31. The Morgan fingerprint density at radius 2 is 1.90 bits per heavy atom. The highest BCUT2D eigenvalue weighted by atomic mass is 127. The molecule has 0 aliphatic rings. The van der Waals surface area contributed by atoms with Crippen molar-refractivity contribution in [3.05, 3.63) is 63.0 Å². The maximum atomic E-state index is 13.9. The summed E-state index contributed by atoms with van der Waals surface area (Å²) in [6, 6.07) is 12.0. The summed E-state index contributed by atoms with van der Waals surface area (Å²) >= 11 is 2.23. The zero-order valence-corrected chi connectivity index (χ0v) is 13.8. The smallest absolute Gasteiger partial charge is 0.337 e. The first-order chi connectivity index (χ1) is 10.0. The third kappa shape index (κ3) is 3.93. The van der Waals surface area contributed by atoms with Crippen LogP contribution in [0.15, 0.2) is 42.5 Å². The number of carbonyl (C=O) groups is 1. The predicted octanol–water partition coefficient (Wildman–Crippen LogP) is 4.39. The van der Waals surface area contributed by atoms with Crippen LogP contribution in [0, 0.1) is 9.39 Å². The molecule has 0 spiro atoms. The first-order valence-electron chi connectivity index (χ1n) is 6.41. The highest BCUT2D eigenvalue weighted by molar-refractivity contribution is 14.1. The SMILES string of the molecule is COC(=O)c1ccc(F)c(NC(C)c2ccc(I)cc2)c1. The van der Waals surface area contributed by atoms with Crippen LogP contribution in [0.4, 0.5) is 10.1 Å². The molecule has 1 atom stereocenters. The van der Waals surface area contributed by atoms with Crippen molar-refractivity contribution >= 4 is 34.2 Å². The summed E-state index contributed by atoms with van der Waals surface area (Å²) in [5.74, 6) is -0.889. The van der Waals surface area contributed by atoms with Crippen LogP contribution in [-0.4, -0.2) is 13.1 Å². The largest absolute Gasteiger partial charge is 0.465 e. The summed E-state index contributed by atoms with van der Waals surface area (Å²) < 4.78 is 19.6. The third-order valence-electron chi connectivity index (χ3n) is 3.13. The Balaban J connectivity index is 2.22. The molecule has 0 saturated carbocycles. The molecule has 0 heterocycles. The van der Waals surface area contributed by atoms with Gasteiger partial charge < -0.3 is 10.1 Å². The molecule has 0 amide bonds. The first kappa shape index (κ1) is 15.8. The molecule has 2 rings (SSSR count). The molecule has 1 unspecified atom stereocenters. The molecule has 110 valence electrons. The number of hydrogen-bond donors (Lipinski definition) is 1. The van der Waals surface area contributed by atoms with Crippen LogP contribution in [0.3, 0.4) is 0 Å². The number of nitrogens with one attached hydrogen (secondary N) is 1. The van der Waals surface area contributed by atoms with Crippen molar-refractivity contribution in [1.82, 2.24) is 0 Å². The number of rotatable bonds is 4. The Bertz CT molecular complexity index is 643. The van der Waals surface area contributed by atoms with Crippen LogP contribution in [-0.2, 0) is 4.74 Å². The van der Waals surface area contributed by atoms with Crippen LogP contribution in [0.1, 0.15) is 28.9 Å². The summed E-state index contributed by atoms with van der Waals surface area (Å²) in [5, 5.41) is 3.08. The summed E-state index contributed by atoms with van der Waals surface area (Å²) in [7, 11) is 1.30. The lowest BCUT2D eigenvalue weighted by atomic mass is 10.1. The van der Waals surface area contributed by atoms with Crippen molar-refractivity contribution < 1.29 is 13.9 Å². The van der Waals surface area contributed by atoms with E-state index in [1.165, 1.54) is 25.3 Å². The molecule has 5 heteroatoms. The van der Waals surface area contributed by atoms with Gasteiger partial charge in [0.05, 0.1) is 18.4 Å². The van der Waals surface area contributed by atoms with Crippen LogP contribution in [0.25, 0.3) is 0 Å². The molecule has 0 fully saturated rings. The van der Waals surface area contributed by atoms with Crippen LogP contribution >= 0.6 is 22.6 Å². The van der Waals surface area contributed by atoms with Crippen molar-refractivity contribution in [3.8, 4) is 0 Å². The summed E-state index contributed by atoms with van der Waals surface area (Å²) in [5.41, 5.74) is 1.64. The Morgan fingerprint density at radius 3 is 2.52 bits per heavy atom. The lowest BCUT2D eigenvalue weighted by molar-refractivity contribution is 0.0600. The summed E-state index contributed by atoms with van der Waals surface area (Å²) in [4.78, 5) is 11.5. The van der Waals surface area contributed by atoms with E-state index in [1.54, 1.807) is 0 Å². The van der Waals surface area contributed by atoms with Crippen molar-refractivity contribution in [3.63, 3.8) is 0 Å². The molecule has 0 radical (unpaired) electrons. The molecule has 2 aromatic carbocycles. The van der Waals surface area contributed by atoms with Crippen molar-refractivity contribution in [2.45, 2.75) is 13.0 Å². The van der Waals surface area contributed by atoms with Gasteiger partial charge in [-0.25, -0.2) is 9.18 Å². The standard InChI is InChI=1S/C16H15FINO2/c1-10(11-3-6-13(18)7-4-11)19-15-9-12(16(20)21-2)5-8-14(15)17/h3-10,19H,1-2H3. The van der Waals surface area contributed by atoms with E-state index in [0.717, 1.165) is 9.13 Å². The van der Waals surface area contributed by atoms with Gasteiger partial charge in [0.15, 0.2) is 0 Å². The topological polar surface area (TPSA) is 38.3 Å². The first-order valence-corrected chi connectivity index (χ1v) is 7.49. The Hall–Kier alpha value is -1.63. The zero-order chi connectivity index (χ0) is 15.4. The maximum absolute atomic E-state index is 13.9. The number of methoxy groups -OCH3 is 1. The molecular weight excluding hydrogens is 384 g/mol. The average Bonchev–Trinajstić information content (AvgIpc) is 2.49. The van der Waals surface area contributed by atoms with Crippen molar-refractivity contribution in [2.75, 3.05) is 12.4 Å². The summed E-state index contributed by atoms with van der Waals surface area (Å²) in [6.07, 6.45) is 0. The van der Waals surface area contributed by atoms with Gasteiger partial charge in [-0.3, -0.25) is 0 Å². The van der Waals surface area contributed by atoms with Gasteiger partial charge in [0, 0.05) is 9.61 Å². The Labute approximate surface area is 136 Å². The normalized spacial score (nSPS) is 11.8. The molecule has 1 N–H and O–H groups in total.